The molecule has 0 spiro atoms. The summed E-state index contributed by atoms with van der Waals surface area (Å²) in [5.74, 6) is -2.46. The number of aliphatic carboxylic acids is 1. The molecule has 7 nitrogen and oxygen atoms in total. The van der Waals surface area contributed by atoms with Gasteiger partial charge in [0.05, 0.1) is 20.8 Å². The van der Waals surface area contributed by atoms with Crippen molar-refractivity contribution < 1.29 is 23.9 Å². The van der Waals surface area contributed by atoms with Crippen molar-refractivity contribution in [3.05, 3.63) is 116 Å². The van der Waals surface area contributed by atoms with Crippen LogP contribution in [0.1, 0.15) is 47.3 Å². The van der Waals surface area contributed by atoms with Crippen LogP contribution in [-0.2, 0) is 21.4 Å². The predicted octanol–water partition coefficient (Wildman–Crippen LogP) is 9.26. The fraction of sp³-hybridized carbons (Fsp3) is 0.256. The van der Waals surface area contributed by atoms with Crippen molar-refractivity contribution in [1.82, 2.24) is 14.9 Å². The second-order valence-corrected chi connectivity index (χ2v) is 15.4. The van der Waals surface area contributed by atoms with Gasteiger partial charge in [0.25, 0.3) is 0 Å². The lowest BCUT2D eigenvalue weighted by molar-refractivity contribution is -0.154. The number of likely N-dealkylation sites (tertiary alicyclic amines) is 1. The number of thiophene rings is 1. The molecule has 2 aromatic heterocycles. The van der Waals surface area contributed by atoms with E-state index in [4.69, 9.17) is 23.2 Å². The molecule has 256 valence electrons. The topological polar surface area (TPSA) is 100 Å². The molecular weight excluding hydrogens is 696 g/mol. The minimum absolute atomic E-state index is 0.0223. The van der Waals surface area contributed by atoms with E-state index in [1.54, 1.807) is 42.7 Å². The molecule has 6 rings (SSSR count). The summed E-state index contributed by atoms with van der Waals surface area (Å²) in [4.78, 5) is 50.5. The van der Waals surface area contributed by atoms with Gasteiger partial charge in [0, 0.05) is 59.4 Å². The number of carbonyl (C=O) groups excluding carboxylic acids is 2. The Morgan fingerprint density at radius 1 is 0.880 bits per heavy atom. The van der Waals surface area contributed by atoms with E-state index in [1.807, 2.05) is 36.4 Å². The van der Waals surface area contributed by atoms with Crippen LogP contribution in [0.25, 0.3) is 33.6 Å². The van der Waals surface area contributed by atoms with Crippen molar-refractivity contribution in [3.63, 3.8) is 0 Å². The first-order valence-corrected chi connectivity index (χ1v) is 17.7. The maximum atomic E-state index is 15.2. The Hall–Kier alpha value is -4.44. The Morgan fingerprint density at radius 2 is 1.52 bits per heavy atom. The molecule has 3 heterocycles. The van der Waals surface area contributed by atoms with Crippen molar-refractivity contribution in [1.29, 1.82) is 0 Å². The number of aromatic nitrogens is 2. The molecule has 0 aliphatic carbocycles. The van der Waals surface area contributed by atoms with Crippen LogP contribution in [-0.4, -0.2) is 50.7 Å². The molecule has 11 heteroatoms. The summed E-state index contributed by atoms with van der Waals surface area (Å²) in [5, 5.41) is 10.1. The van der Waals surface area contributed by atoms with Crippen molar-refractivity contribution in [2.45, 2.75) is 39.0 Å². The molecule has 3 aromatic carbocycles. The minimum Gasteiger partial charge on any atom is -0.481 e. The van der Waals surface area contributed by atoms with E-state index >= 15 is 4.39 Å². The summed E-state index contributed by atoms with van der Waals surface area (Å²) in [7, 11) is 0. The average molecular weight is 731 g/mol. The number of carboxylic acid groups (broad SMARTS) is 1. The molecule has 0 radical (unpaired) electrons. The standard InChI is InChI=1S/C39H34Cl2FN3O4S/c1-39(2,3)35-13-12-34(50-35)33(46)17-26(37(47)45-20-28(21-45)38(48)49)14-22-4-6-23(7-5-22)36-43-18-27(19-44-36)29-10-8-25(16-32(29)42)24-9-11-30(40)31(41)15-24/h4-13,15-16,18-19,26,28H,14,17,20-21H2,1-3H3,(H,48,49)/t26-/m1/s1. The summed E-state index contributed by atoms with van der Waals surface area (Å²) in [6.45, 7) is 6.55. The van der Waals surface area contributed by atoms with Gasteiger partial charge >= 0.3 is 5.97 Å². The third kappa shape index (κ3) is 7.80. The Balaban J connectivity index is 1.16. The number of hydrogen-bond acceptors (Lipinski definition) is 6. The number of benzene rings is 3. The Labute approximate surface area is 303 Å². The highest BCUT2D eigenvalue weighted by Crippen LogP contribution is 2.33. The van der Waals surface area contributed by atoms with Crippen molar-refractivity contribution >= 4 is 52.2 Å². The number of halogens is 3. The van der Waals surface area contributed by atoms with Gasteiger partial charge in [0.15, 0.2) is 11.6 Å². The number of nitrogens with zero attached hydrogens (tertiary/aromatic N) is 3. The molecule has 1 fully saturated rings. The second kappa shape index (κ2) is 14.4. The molecule has 0 bridgehead atoms. The number of hydrogen-bond donors (Lipinski definition) is 1. The molecule has 50 heavy (non-hydrogen) atoms. The van der Waals surface area contributed by atoms with E-state index in [2.05, 4.69) is 30.7 Å². The number of Topliss-reactive ketones (excluding diaryl/α,β-unsaturated/α-hetero) is 1. The molecule has 1 aliphatic rings. The molecule has 0 unspecified atom stereocenters. The average Bonchev–Trinajstić information content (AvgIpc) is 3.57. The third-order valence-corrected chi connectivity index (χ3v) is 11.1. The van der Waals surface area contributed by atoms with E-state index in [1.165, 1.54) is 22.3 Å². The Morgan fingerprint density at radius 3 is 2.12 bits per heavy atom. The lowest BCUT2D eigenvalue weighted by Crippen LogP contribution is -2.55. The third-order valence-electron chi connectivity index (χ3n) is 8.82. The van der Waals surface area contributed by atoms with E-state index in [0.29, 0.717) is 43.9 Å². The summed E-state index contributed by atoms with van der Waals surface area (Å²) in [6, 6.07) is 21.3. The zero-order valence-electron chi connectivity index (χ0n) is 27.6. The van der Waals surface area contributed by atoms with Crippen molar-refractivity contribution in [3.8, 4) is 33.6 Å². The molecule has 1 N–H and O–H groups in total. The van der Waals surface area contributed by atoms with Gasteiger partial charge in [-0.25, -0.2) is 14.4 Å². The molecular formula is C39H34Cl2FN3O4S. The van der Waals surface area contributed by atoms with E-state index < -0.39 is 23.6 Å². The monoisotopic (exact) mass is 729 g/mol. The molecule has 1 atom stereocenters. The van der Waals surface area contributed by atoms with Gasteiger partial charge in [-0.1, -0.05) is 86.4 Å². The molecule has 5 aromatic rings. The maximum absolute atomic E-state index is 15.2. The Bertz CT molecular complexity index is 2070. The van der Waals surface area contributed by atoms with Gasteiger partial charge in [-0.3, -0.25) is 14.4 Å². The second-order valence-electron chi connectivity index (χ2n) is 13.5. The van der Waals surface area contributed by atoms with Crippen LogP contribution in [0.3, 0.4) is 0 Å². The molecule has 1 saturated heterocycles. The largest absolute Gasteiger partial charge is 0.481 e. The zero-order valence-corrected chi connectivity index (χ0v) is 30.0. The van der Waals surface area contributed by atoms with Gasteiger partial charge in [-0.05, 0) is 58.9 Å². The highest BCUT2D eigenvalue weighted by molar-refractivity contribution is 7.14. The summed E-state index contributed by atoms with van der Waals surface area (Å²) >= 11 is 13.6. The van der Waals surface area contributed by atoms with Crippen molar-refractivity contribution in [2.75, 3.05) is 13.1 Å². The van der Waals surface area contributed by atoms with Crippen LogP contribution in [0.15, 0.2) is 85.2 Å². The Kier molecular flexibility index (Phi) is 10.2. The van der Waals surface area contributed by atoms with E-state index in [9.17, 15) is 19.5 Å². The van der Waals surface area contributed by atoms with Crippen LogP contribution in [0.4, 0.5) is 4.39 Å². The van der Waals surface area contributed by atoms with Gasteiger partial charge in [-0.15, -0.1) is 11.3 Å². The fourth-order valence-corrected chi connectivity index (χ4v) is 7.14. The SMILES string of the molecule is CC(C)(C)c1ccc(C(=O)C[C@@H](Cc2ccc(-c3ncc(-c4ccc(-c5ccc(Cl)c(Cl)c5)cc4F)cn3)cc2)C(=O)N2CC(C(=O)O)C2)s1. The smallest absolute Gasteiger partial charge is 0.310 e. The van der Waals surface area contributed by atoms with Gasteiger partial charge in [0.1, 0.15) is 5.82 Å². The highest BCUT2D eigenvalue weighted by atomic mass is 35.5. The lowest BCUT2D eigenvalue weighted by Gasteiger charge is -2.38. The van der Waals surface area contributed by atoms with E-state index in [0.717, 1.165) is 21.6 Å². The van der Waals surface area contributed by atoms with Crippen LogP contribution in [0.2, 0.25) is 10.0 Å². The first-order chi connectivity index (χ1) is 23.8. The zero-order chi connectivity index (χ0) is 35.7. The number of rotatable bonds is 10. The van der Waals surface area contributed by atoms with Gasteiger partial charge in [0.2, 0.25) is 5.91 Å². The number of ketones is 1. The van der Waals surface area contributed by atoms with E-state index in [-0.39, 0.29) is 36.6 Å². The number of carboxylic acids is 1. The van der Waals surface area contributed by atoms with Crippen LogP contribution in [0, 0.1) is 17.7 Å². The molecule has 1 aliphatic heterocycles. The molecule has 1 amide bonds. The minimum atomic E-state index is -0.927. The quantitative estimate of drug-likeness (QED) is 0.144. The maximum Gasteiger partial charge on any atom is 0.310 e. The first-order valence-electron chi connectivity index (χ1n) is 16.1. The predicted molar refractivity (Wildman–Crippen MR) is 195 cm³/mol. The highest BCUT2D eigenvalue weighted by Gasteiger charge is 2.39. The summed E-state index contributed by atoms with van der Waals surface area (Å²) < 4.78 is 15.2. The number of amides is 1. The van der Waals surface area contributed by atoms with Crippen LogP contribution < -0.4 is 0 Å². The summed E-state index contributed by atoms with van der Waals surface area (Å²) in [5.41, 5.74) is 3.76. The van der Waals surface area contributed by atoms with Crippen LogP contribution >= 0.6 is 34.5 Å². The van der Waals surface area contributed by atoms with Crippen LogP contribution in [0.5, 0.6) is 0 Å². The van der Waals surface area contributed by atoms with Gasteiger partial charge < -0.3 is 10.0 Å². The number of carbonyl (C=O) groups is 3. The van der Waals surface area contributed by atoms with Gasteiger partial charge in [-0.2, -0.15) is 0 Å². The molecule has 0 saturated carbocycles. The fourth-order valence-electron chi connectivity index (χ4n) is 5.83. The summed E-state index contributed by atoms with van der Waals surface area (Å²) in [6.07, 6.45) is 3.48. The normalized spacial score (nSPS) is 13.9. The lowest BCUT2D eigenvalue weighted by atomic mass is 9.89. The first kappa shape index (κ1) is 35.4. The van der Waals surface area contributed by atoms with Crippen molar-refractivity contribution in [2.24, 2.45) is 11.8 Å².